The summed E-state index contributed by atoms with van der Waals surface area (Å²) >= 11 is 0. The monoisotopic (exact) mass is 148 g/mol. The molecule has 0 aromatic heterocycles. The summed E-state index contributed by atoms with van der Waals surface area (Å²) in [6.07, 6.45) is 1.44. The zero-order valence-corrected chi connectivity index (χ0v) is 5.44. The van der Waals surface area contributed by atoms with Crippen molar-refractivity contribution >= 4 is 16.2 Å². The van der Waals surface area contributed by atoms with E-state index in [-0.39, 0.29) is 17.5 Å². The van der Waals surface area contributed by atoms with Crippen molar-refractivity contribution in [3.8, 4) is 0 Å². The highest BCUT2D eigenvalue weighted by Gasteiger charge is 2.32. The maximum Gasteiger partial charge on any atom is 0.309 e. The first-order valence-corrected chi connectivity index (χ1v) is 4.29. The Labute approximate surface area is 53.2 Å². The van der Waals surface area contributed by atoms with Crippen molar-refractivity contribution in [1.29, 1.82) is 0 Å². The summed E-state index contributed by atoms with van der Waals surface area (Å²) in [5.74, 6) is 0.143. The van der Waals surface area contributed by atoms with E-state index in [4.69, 9.17) is 0 Å². The number of carbonyl (C=O) groups excluding carboxylic acids is 1. The van der Waals surface area contributed by atoms with Gasteiger partial charge in [0.25, 0.3) is 0 Å². The van der Waals surface area contributed by atoms with Gasteiger partial charge in [0.15, 0.2) is 9.84 Å². The number of hydrogen-bond donors (Lipinski definition) is 1. The summed E-state index contributed by atoms with van der Waals surface area (Å²) in [5.41, 5.74) is 0. The molecule has 5 heteroatoms. The lowest BCUT2D eigenvalue weighted by molar-refractivity contribution is 0.515. The second kappa shape index (κ2) is 1.98. The first-order chi connectivity index (χ1) is 4.14. The zero-order chi connectivity index (χ0) is 6.91. The molecule has 1 rings (SSSR count). The van der Waals surface area contributed by atoms with Gasteiger partial charge in [-0.1, -0.05) is 0 Å². The van der Waals surface area contributed by atoms with Gasteiger partial charge in [-0.05, 0) is 0 Å². The topological polar surface area (TPSA) is 63.2 Å². The van der Waals surface area contributed by atoms with Crippen molar-refractivity contribution < 1.29 is 13.2 Å². The van der Waals surface area contributed by atoms with Crippen LogP contribution >= 0.6 is 0 Å². The molecular formula is C4H6NO3S. The van der Waals surface area contributed by atoms with Gasteiger partial charge in [-0.3, -0.25) is 4.79 Å². The molecule has 1 aliphatic heterocycles. The van der Waals surface area contributed by atoms with E-state index in [2.05, 4.69) is 5.32 Å². The minimum absolute atomic E-state index is 0.0717. The van der Waals surface area contributed by atoms with Gasteiger partial charge in [0, 0.05) is 0 Å². The molecule has 1 N–H and O–H groups in total. The average molecular weight is 148 g/mol. The van der Waals surface area contributed by atoms with Crippen molar-refractivity contribution in [2.24, 2.45) is 0 Å². The summed E-state index contributed by atoms with van der Waals surface area (Å²) in [6, 6.07) is -0.188. The lowest BCUT2D eigenvalue weighted by Crippen LogP contribution is -2.50. The summed E-state index contributed by atoms with van der Waals surface area (Å²) in [4.78, 5) is 9.59. The van der Waals surface area contributed by atoms with Crippen LogP contribution in [0.1, 0.15) is 0 Å². The van der Waals surface area contributed by atoms with Crippen molar-refractivity contribution in [2.75, 3.05) is 11.5 Å². The van der Waals surface area contributed by atoms with E-state index in [1.807, 2.05) is 0 Å². The molecule has 0 unspecified atom stereocenters. The van der Waals surface area contributed by atoms with Crippen LogP contribution in [0, 0.1) is 0 Å². The first kappa shape index (κ1) is 6.54. The Balaban J connectivity index is 2.35. The van der Waals surface area contributed by atoms with Gasteiger partial charge in [-0.25, -0.2) is 8.42 Å². The summed E-state index contributed by atoms with van der Waals surface area (Å²) in [5, 5.41) is 2.25. The molecule has 1 saturated heterocycles. The number of rotatable bonds is 2. The minimum atomic E-state index is -2.79. The Hall–Kier alpha value is -0.580. The summed E-state index contributed by atoms with van der Waals surface area (Å²) in [7, 11) is -2.79. The number of amides is 1. The van der Waals surface area contributed by atoms with Crippen LogP contribution < -0.4 is 5.32 Å². The number of hydrogen-bond acceptors (Lipinski definition) is 3. The van der Waals surface area contributed by atoms with Crippen LogP contribution in [-0.4, -0.2) is 32.4 Å². The van der Waals surface area contributed by atoms with E-state index in [9.17, 15) is 13.2 Å². The molecule has 0 bridgehead atoms. The lowest BCUT2D eigenvalue weighted by atomic mass is 10.4. The third-order valence-corrected chi connectivity index (χ3v) is 2.99. The smallest absolute Gasteiger partial charge is 0.309 e. The van der Waals surface area contributed by atoms with Gasteiger partial charge in [0.2, 0.25) is 0 Å². The molecule has 0 aliphatic carbocycles. The van der Waals surface area contributed by atoms with Crippen molar-refractivity contribution in [2.45, 2.75) is 6.04 Å². The standard InChI is InChI=1S/C4H6NO3S/c6-3-5-4-1-9(7,8)2-4/h4H,1-2H2,(H,5,6). The third kappa shape index (κ3) is 1.41. The fourth-order valence-electron chi connectivity index (χ4n) is 0.731. The molecule has 1 amide bonds. The number of sulfone groups is 1. The predicted molar refractivity (Wildman–Crippen MR) is 31.3 cm³/mol. The number of nitrogens with one attached hydrogen (secondary N) is 1. The Morgan fingerprint density at radius 3 is 2.33 bits per heavy atom. The largest absolute Gasteiger partial charge is 0.343 e. The molecule has 0 aromatic carbocycles. The fraction of sp³-hybridized carbons (Fsp3) is 0.750. The molecule has 51 valence electrons. The Bertz CT molecular complexity index is 196. The van der Waals surface area contributed by atoms with Crippen LogP contribution in [0.15, 0.2) is 0 Å². The molecule has 1 fully saturated rings. The highest BCUT2D eigenvalue weighted by Crippen LogP contribution is 2.08. The van der Waals surface area contributed by atoms with Crippen molar-refractivity contribution in [1.82, 2.24) is 5.32 Å². The van der Waals surface area contributed by atoms with E-state index in [0.29, 0.717) is 0 Å². The third-order valence-electron chi connectivity index (χ3n) is 1.17. The van der Waals surface area contributed by atoms with Gasteiger partial charge in [0.05, 0.1) is 17.5 Å². The summed E-state index contributed by atoms with van der Waals surface area (Å²) in [6.45, 7) is 0. The first-order valence-electron chi connectivity index (χ1n) is 2.47. The maximum absolute atomic E-state index is 10.4. The van der Waals surface area contributed by atoms with E-state index in [0.717, 1.165) is 0 Å². The Morgan fingerprint density at radius 1 is 1.44 bits per heavy atom. The van der Waals surface area contributed by atoms with Crippen LogP contribution in [0.4, 0.5) is 0 Å². The molecular weight excluding hydrogens is 142 g/mol. The normalized spacial score (nSPS) is 24.4. The highest BCUT2D eigenvalue weighted by atomic mass is 32.2. The van der Waals surface area contributed by atoms with Crippen molar-refractivity contribution in [3.05, 3.63) is 0 Å². The molecule has 1 aliphatic rings. The van der Waals surface area contributed by atoms with Crippen molar-refractivity contribution in [3.63, 3.8) is 0 Å². The predicted octanol–water partition coefficient (Wildman–Crippen LogP) is -1.56. The maximum atomic E-state index is 10.4. The van der Waals surface area contributed by atoms with Gasteiger partial charge in [0.1, 0.15) is 0 Å². The van der Waals surface area contributed by atoms with E-state index in [1.54, 1.807) is 0 Å². The van der Waals surface area contributed by atoms with Crippen LogP contribution in [0.2, 0.25) is 0 Å². The Kier molecular flexibility index (Phi) is 1.44. The molecule has 1 radical (unpaired) electrons. The van der Waals surface area contributed by atoms with E-state index < -0.39 is 9.84 Å². The highest BCUT2D eigenvalue weighted by molar-refractivity contribution is 7.92. The molecule has 9 heavy (non-hydrogen) atoms. The van der Waals surface area contributed by atoms with Gasteiger partial charge < -0.3 is 5.32 Å². The average Bonchev–Trinajstić information content (AvgIpc) is 1.62. The van der Waals surface area contributed by atoms with Gasteiger partial charge in [-0.2, -0.15) is 0 Å². The van der Waals surface area contributed by atoms with Crippen LogP contribution in [-0.2, 0) is 14.6 Å². The lowest BCUT2D eigenvalue weighted by Gasteiger charge is -2.23. The fourth-order valence-corrected chi connectivity index (χ4v) is 2.03. The van der Waals surface area contributed by atoms with Crippen LogP contribution in [0.25, 0.3) is 0 Å². The Morgan fingerprint density at radius 2 is 2.00 bits per heavy atom. The quantitative estimate of drug-likeness (QED) is 0.482. The molecule has 4 nitrogen and oxygen atoms in total. The second-order valence-corrected chi connectivity index (χ2v) is 4.17. The van der Waals surface area contributed by atoms with Crippen LogP contribution in [0.3, 0.4) is 0 Å². The van der Waals surface area contributed by atoms with E-state index >= 15 is 0 Å². The summed E-state index contributed by atoms with van der Waals surface area (Å²) < 4.78 is 20.8. The molecule has 0 spiro atoms. The zero-order valence-electron chi connectivity index (χ0n) is 4.62. The van der Waals surface area contributed by atoms with Gasteiger partial charge in [-0.15, -0.1) is 0 Å². The molecule has 0 saturated carbocycles. The van der Waals surface area contributed by atoms with Gasteiger partial charge >= 0.3 is 6.41 Å². The van der Waals surface area contributed by atoms with Crippen LogP contribution in [0.5, 0.6) is 0 Å². The second-order valence-electron chi connectivity index (χ2n) is 2.02. The minimum Gasteiger partial charge on any atom is -0.343 e. The molecule has 0 aromatic rings. The van der Waals surface area contributed by atoms with E-state index in [1.165, 1.54) is 6.41 Å². The molecule has 1 heterocycles. The SMILES string of the molecule is O=[C]NC1CS(=O)(=O)C1. The molecule has 0 atom stereocenters.